The van der Waals surface area contributed by atoms with Crippen molar-refractivity contribution in [1.29, 1.82) is 5.26 Å². The number of halogens is 1. The van der Waals surface area contributed by atoms with Crippen molar-refractivity contribution < 1.29 is 4.74 Å². The van der Waals surface area contributed by atoms with E-state index in [1.807, 2.05) is 23.8 Å². The Hall–Kier alpha value is -3.50. The van der Waals surface area contributed by atoms with Crippen LogP contribution >= 0.6 is 11.6 Å². The third kappa shape index (κ3) is 3.58. The minimum Gasteiger partial charge on any atom is -0.440 e. The van der Waals surface area contributed by atoms with Crippen LogP contribution in [0.1, 0.15) is 29.2 Å². The lowest BCUT2D eigenvalue weighted by atomic mass is 9.84. The quantitative estimate of drug-likeness (QED) is 0.681. The molecule has 0 saturated heterocycles. The molecule has 3 aromatic rings. The molecule has 152 valence electrons. The summed E-state index contributed by atoms with van der Waals surface area (Å²) in [6, 6.07) is 11.0. The van der Waals surface area contributed by atoms with Gasteiger partial charge in [-0.05, 0) is 31.0 Å². The lowest BCUT2D eigenvalue weighted by molar-refractivity contribution is 0.387. The number of pyridine rings is 1. The fourth-order valence-electron chi connectivity index (χ4n) is 3.81. The molecule has 0 radical (unpaired) electrons. The molecular formula is C22H20ClN5O2. The number of hydrogen-bond donors (Lipinski definition) is 1. The number of benzene rings is 1. The second-order valence-corrected chi connectivity index (χ2v) is 7.59. The van der Waals surface area contributed by atoms with Gasteiger partial charge in [-0.3, -0.25) is 4.79 Å². The van der Waals surface area contributed by atoms with E-state index in [2.05, 4.69) is 11.1 Å². The summed E-state index contributed by atoms with van der Waals surface area (Å²) >= 11 is 6.18. The molecular weight excluding hydrogens is 402 g/mol. The Labute approximate surface area is 178 Å². The van der Waals surface area contributed by atoms with Crippen molar-refractivity contribution in [3.8, 4) is 11.8 Å². The van der Waals surface area contributed by atoms with Gasteiger partial charge in [-0.1, -0.05) is 23.7 Å². The van der Waals surface area contributed by atoms with Crippen LogP contribution in [0.4, 0.5) is 0 Å². The second-order valence-electron chi connectivity index (χ2n) is 7.15. The molecule has 1 atom stereocenters. The zero-order chi connectivity index (χ0) is 21.3. The second kappa shape index (κ2) is 8.09. The predicted molar refractivity (Wildman–Crippen MR) is 113 cm³/mol. The molecule has 0 spiro atoms. The molecule has 7 nitrogen and oxygen atoms in total. The number of rotatable bonds is 5. The first-order chi connectivity index (χ1) is 14.5. The summed E-state index contributed by atoms with van der Waals surface area (Å²) in [4.78, 5) is 17.6. The third-order valence-electron chi connectivity index (χ3n) is 5.23. The van der Waals surface area contributed by atoms with E-state index in [4.69, 9.17) is 22.1 Å². The summed E-state index contributed by atoms with van der Waals surface area (Å²) in [6.45, 7) is 3.13. The highest BCUT2D eigenvalue weighted by Crippen LogP contribution is 2.40. The summed E-state index contributed by atoms with van der Waals surface area (Å²) in [5, 5.41) is 10.2. The first-order valence-electron chi connectivity index (χ1n) is 9.52. The number of nitrogens with zero attached hydrogens (tertiary/aromatic N) is 4. The van der Waals surface area contributed by atoms with Crippen LogP contribution < -0.4 is 16.0 Å². The molecule has 0 amide bonds. The SMILES string of the molecule is Cc1cc2c(c(=O)n1CCCn1ccnc1)[C@H](c1cccc(Cl)c1)C(C#N)=C(N)O2. The Bertz CT molecular complexity index is 1220. The summed E-state index contributed by atoms with van der Waals surface area (Å²) in [7, 11) is 0. The smallest absolute Gasteiger partial charge is 0.258 e. The number of aryl methyl sites for hydroxylation is 2. The zero-order valence-electron chi connectivity index (χ0n) is 16.4. The van der Waals surface area contributed by atoms with Gasteiger partial charge in [-0.15, -0.1) is 0 Å². The molecule has 0 bridgehead atoms. The van der Waals surface area contributed by atoms with Crippen molar-refractivity contribution in [2.24, 2.45) is 5.73 Å². The highest BCUT2D eigenvalue weighted by atomic mass is 35.5. The number of allylic oxidation sites excluding steroid dienone is 1. The van der Waals surface area contributed by atoms with Gasteiger partial charge in [0, 0.05) is 42.3 Å². The Kier molecular flexibility index (Phi) is 5.34. The number of hydrogen-bond acceptors (Lipinski definition) is 5. The Balaban J connectivity index is 1.78. The van der Waals surface area contributed by atoms with Gasteiger partial charge in [-0.2, -0.15) is 5.26 Å². The highest BCUT2D eigenvalue weighted by molar-refractivity contribution is 6.30. The number of imidazole rings is 1. The maximum Gasteiger partial charge on any atom is 0.258 e. The predicted octanol–water partition coefficient (Wildman–Crippen LogP) is 3.32. The van der Waals surface area contributed by atoms with Gasteiger partial charge in [-0.25, -0.2) is 4.98 Å². The molecule has 0 saturated carbocycles. The molecule has 8 heteroatoms. The normalized spacial score (nSPS) is 15.4. The van der Waals surface area contributed by atoms with Gasteiger partial charge in [0.25, 0.3) is 5.56 Å². The highest BCUT2D eigenvalue weighted by Gasteiger charge is 2.34. The van der Waals surface area contributed by atoms with Crippen LogP contribution in [-0.2, 0) is 13.1 Å². The zero-order valence-corrected chi connectivity index (χ0v) is 17.1. The van der Waals surface area contributed by atoms with E-state index in [9.17, 15) is 10.1 Å². The van der Waals surface area contributed by atoms with E-state index >= 15 is 0 Å². The summed E-state index contributed by atoms with van der Waals surface area (Å²) in [5.41, 5.74) is 7.92. The minimum atomic E-state index is -0.634. The van der Waals surface area contributed by atoms with Crippen LogP contribution in [0.5, 0.6) is 5.75 Å². The first kappa shape index (κ1) is 19.8. The van der Waals surface area contributed by atoms with Crippen molar-refractivity contribution in [1.82, 2.24) is 14.1 Å². The maximum absolute atomic E-state index is 13.5. The van der Waals surface area contributed by atoms with Crippen molar-refractivity contribution >= 4 is 11.6 Å². The molecule has 3 heterocycles. The average molecular weight is 422 g/mol. The van der Waals surface area contributed by atoms with Gasteiger partial charge in [0.15, 0.2) is 0 Å². The van der Waals surface area contributed by atoms with Crippen LogP contribution in [0, 0.1) is 18.3 Å². The maximum atomic E-state index is 13.5. The van der Waals surface area contributed by atoms with Crippen LogP contribution in [0.15, 0.2) is 65.3 Å². The lowest BCUT2D eigenvalue weighted by Crippen LogP contribution is -2.33. The molecule has 4 rings (SSSR count). The fraction of sp³-hybridized carbons (Fsp3) is 0.227. The van der Waals surface area contributed by atoms with E-state index in [0.29, 0.717) is 22.9 Å². The van der Waals surface area contributed by atoms with E-state index in [1.54, 1.807) is 41.4 Å². The topological polar surface area (TPSA) is 98.9 Å². The molecule has 2 N–H and O–H groups in total. The monoisotopic (exact) mass is 421 g/mol. The number of nitrogens with two attached hydrogens (primary N) is 1. The van der Waals surface area contributed by atoms with Crippen molar-refractivity contribution in [2.45, 2.75) is 32.4 Å². The average Bonchev–Trinajstić information content (AvgIpc) is 3.23. The van der Waals surface area contributed by atoms with E-state index < -0.39 is 5.92 Å². The van der Waals surface area contributed by atoms with Gasteiger partial charge < -0.3 is 19.6 Å². The Morgan fingerprint density at radius 2 is 2.17 bits per heavy atom. The van der Waals surface area contributed by atoms with Crippen molar-refractivity contribution in [3.63, 3.8) is 0 Å². The molecule has 0 fully saturated rings. The summed E-state index contributed by atoms with van der Waals surface area (Å²) in [5.74, 6) is -0.248. The Morgan fingerprint density at radius 3 is 2.87 bits per heavy atom. The van der Waals surface area contributed by atoms with Gasteiger partial charge in [0.1, 0.15) is 17.4 Å². The van der Waals surface area contributed by atoms with Gasteiger partial charge in [0.2, 0.25) is 5.88 Å². The molecule has 30 heavy (non-hydrogen) atoms. The van der Waals surface area contributed by atoms with Crippen LogP contribution in [0.25, 0.3) is 0 Å². The lowest BCUT2D eigenvalue weighted by Gasteiger charge is -2.27. The molecule has 1 aliphatic heterocycles. The molecule has 2 aromatic heterocycles. The van der Waals surface area contributed by atoms with Crippen LogP contribution in [-0.4, -0.2) is 14.1 Å². The number of fused-ring (bicyclic) bond motifs is 1. The molecule has 1 aliphatic rings. The van der Waals surface area contributed by atoms with Gasteiger partial charge in [0.05, 0.1) is 17.8 Å². The number of nitriles is 1. The minimum absolute atomic E-state index is 0.00614. The first-order valence-corrected chi connectivity index (χ1v) is 9.90. The van der Waals surface area contributed by atoms with Crippen molar-refractivity contribution in [3.05, 3.63) is 92.7 Å². The van der Waals surface area contributed by atoms with E-state index in [1.165, 1.54) is 0 Å². The van der Waals surface area contributed by atoms with E-state index in [0.717, 1.165) is 24.2 Å². The third-order valence-corrected chi connectivity index (χ3v) is 5.46. The summed E-state index contributed by atoms with van der Waals surface area (Å²) in [6.07, 6.45) is 6.11. The largest absolute Gasteiger partial charge is 0.440 e. The fourth-order valence-corrected chi connectivity index (χ4v) is 4.01. The molecule has 0 aliphatic carbocycles. The number of ether oxygens (including phenoxy) is 1. The van der Waals surface area contributed by atoms with Crippen molar-refractivity contribution in [2.75, 3.05) is 0 Å². The van der Waals surface area contributed by atoms with Crippen LogP contribution in [0.3, 0.4) is 0 Å². The summed E-state index contributed by atoms with van der Waals surface area (Å²) < 4.78 is 9.36. The molecule has 0 unspecified atom stereocenters. The Morgan fingerprint density at radius 1 is 1.33 bits per heavy atom. The van der Waals surface area contributed by atoms with Gasteiger partial charge >= 0.3 is 0 Å². The standard InChI is InChI=1S/C22H20ClN5O2/c1-14-10-18-20(22(29)28(14)8-3-7-27-9-6-26-13-27)19(17(12-24)21(25)30-18)15-4-2-5-16(23)11-15/h2,4-6,9-11,13,19H,3,7-8,25H2,1H3/t19-/m1/s1. The number of aromatic nitrogens is 3. The molecule has 1 aromatic carbocycles. The van der Waals surface area contributed by atoms with E-state index in [-0.39, 0.29) is 17.0 Å². The van der Waals surface area contributed by atoms with Crippen LogP contribution in [0.2, 0.25) is 5.02 Å².